The van der Waals surface area contributed by atoms with Gasteiger partial charge < -0.3 is 0 Å². The zero-order valence-corrected chi connectivity index (χ0v) is 10.7. The van der Waals surface area contributed by atoms with Crippen LogP contribution in [0.2, 0.25) is 0 Å². The van der Waals surface area contributed by atoms with Crippen LogP contribution in [0.3, 0.4) is 0 Å². The van der Waals surface area contributed by atoms with E-state index in [-0.39, 0.29) is 5.41 Å². The van der Waals surface area contributed by atoms with Gasteiger partial charge in [0.05, 0.1) is 5.71 Å². The van der Waals surface area contributed by atoms with Crippen molar-refractivity contribution in [2.75, 3.05) is 0 Å². The van der Waals surface area contributed by atoms with Gasteiger partial charge in [-0.15, -0.1) is 13.2 Å². The molecule has 0 saturated carbocycles. The maximum atomic E-state index is 11.9. The average Bonchev–Trinajstić information content (AvgIpc) is 1.91. The highest BCUT2D eigenvalue weighted by molar-refractivity contribution is 5.89. The normalized spacial score (nSPS) is 15.2. The van der Waals surface area contributed by atoms with Crippen molar-refractivity contribution >= 4 is 5.71 Å². The van der Waals surface area contributed by atoms with E-state index >= 15 is 0 Å². The van der Waals surface area contributed by atoms with Gasteiger partial charge in [0, 0.05) is 5.41 Å². The molecule has 0 heterocycles. The molecular formula is C11H20F3NO. The molecule has 0 unspecified atom stereocenters. The zero-order chi connectivity index (χ0) is 13.2. The van der Waals surface area contributed by atoms with Gasteiger partial charge in [0.15, 0.2) is 0 Å². The Morgan fingerprint density at radius 3 is 1.69 bits per heavy atom. The number of oxime groups is 1. The van der Waals surface area contributed by atoms with Gasteiger partial charge in [-0.2, -0.15) is 0 Å². The molecule has 0 amide bonds. The Labute approximate surface area is 94.8 Å². The molecule has 0 N–H and O–H groups in total. The highest BCUT2D eigenvalue weighted by Crippen LogP contribution is 2.29. The lowest BCUT2D eigenvalue weighted by Crippen LogP contribution is -2.27. The van der Waals surface area contributed by atoms with Crippen LogP contribution in [-0.4, -0.2) is 12.1 Å². The number of hydrogen-bond acceptors (Lipinski definition) is 2. The van der Waals surface area contributed by atoms with Gasteiger partial charge in [-0.1, -0.05) is 46.7 Å². The largest absolute Gasteiger partial charge is 0.593 e. The van der Waals surface area contributed by atoms with Crippen LogP contribution >= 0.6 is 0 Å². The summed E-state index contributed by atoms with van der Waals surface area (Å²) in [6, 6.07) is 0. The lowest BCUT2D eigenvalue weighted by molar-refractivity contribution is -0.325. The van der Waals surface area contributed by atoms with E-state index in [1.54, 1.807) is 0 Å². The summed E-state index contributed by atoms with van der Waals surface area (Å²) in [5.41, 5.74) is -0.142. The number of halogens is 3. The van der Waals surface area contributed by atoms with E-state index in [9.17, 15) is 13.2 Å². The summed E-state index contributed by atoms with van der Waals surface area (Å²) >= 11 is 0. The van der Waals surface area contributed by atoms with Crippen LogP contribution in [0, 0.1) is 10.8 Å². The summed E-state index contributed by atoms with van der Waals surface area (Å²) < 4.78 is 35.7. The molecular weight excluding hydrogens is 219 g/mol. The Bertz CT molecular complexity index is 256. The predicted molar refractivity (Wildman–Crippen MR) is 58.1 cm³/mol. The Morgan fingerprint density at radius 1 is 1.00 bits per heavy atom. The molecule has 0 radical (unpaired) electrons. The lowest BCUT2D eigenvalue weighted by Gasteiger charge is -2.27. The summed E-state index contributed by atoms with van der Waals surface area (Å²) in [4.78, 5) is 3.55. The highest BCUT2D eigenvalue weighted by Gasteiger charge is 2.33. The first-order chi connectivity index (χ1) is 6.81. The lowest BCUT2D eigenvalue weighted by atomic mass is 9.79. The van der Waals surface area contributed by atoms with Crippen LogP contribution < -0.4 is 0 Å². The van der Waals surface area contributed by atoms with Crippen LogP contribution in [0.25, 0.3) is 0 Å². The molecule has 0 fully saturated rings. The molecule has 0 aromatic heterocycles. The van der Waals surface area contributed by atoms with Crippen molar-refractivity contribution in [2.24, 2.45) is 16.0 Å². The maximum absolute atomic E-state index is 11.9. The summed E-state index contributed by atoms with van der Waals surface area (Å²) in [6.45, 7) is 11.3. The van der Waals surface area contributed by atoms with E-state index in [2.05, 4.69) is 9.99 Å². The zero-order valence-electron chi connectivity index (χ0n) is 10.7. The fraction of sp³-hybridized carbons (Fsp3) is 0.909. The molecule has 0 aliphatic carbocycles. The molecule has 16 heavy (non-hydrogen) atoms. The van der Waals surface area contributed by atoms with Crippen molar-refractivity contribution in [3.8, 4) is 0 Å². The minimum Gasteiger partial charge on any atom is -0.294 e. The fourth-order valence-electron chi connectivity index (χ4n) is 1.04. The molecule has 0 aromatic rings. The molecule has 0 aliphatic rings. The molecule has 0 atom stereocenters. The maximum Gasteiger partial charge on any atom is 0.593 e. The second kappa shape index (κ2) is 4.63. The monoisotopic (exact) mass is 239 g/mol. The van der Waals surface area contributed by atoms with Crippen molar-refractivity contribution in [3.63, 3.8) is 0 Å². The second-order valence-corrected chi connectivity index (χ2v) is 6.06. The van der Waals surface area contributed by atoms with Gasteiger partial charge in [0.2, 0.25) is 0 Å². The van der Waals surface area contributed by atoms with Gasteiger partial charge in [0.25, 0.3) is 0 Å². The Kier molecular flexibility index (Phi) is 4.42. The van der Waals surface area contributed by atoms with Crippen molar-refractivity contribution in [3.05, 3.63) is 0 Å². The standard InChI is InChI=1S/C11H20F3NO/c1-9(2,3)7-8(10(4,5)6)15-16-11(12,13)14/h7H2,1-6H3/b15-8-. The highest BCUT2D eigenvalue weighted by atomic mass is 19.4. The number of nitrogens with zero attached hydrogens (tertiary/aromatic N) is 1. The minimum atomic E-state index is -4.71. The van der Waals surface area contributed by atoms with Crippen LogP contribution in [-0.2, 0) is 4.84 Å². The summed E-state index contributed by atoms with van der Waals surface area (Å²) in [7, 11) is 0. The fourth-order valence-corrected chi connectivity index (χ4v) is 1.04. The third-order valence-electron chi connectivity index (χ3n) is 1.82. The first-order valence-electron chi connectivity index (χ1n) is 5.13. The Morgan fingerprint density at radius 2 is 1.44 bits per heavy atom. The van der Waals surface area contributed by atoms with Gasteiger partial charge in [0.1, 0.15) is 0 Å². The number of hydrogen-bond donors (Lipinski definition) is 0. The van der Waals surface area contributed by atoms with Crippen molar-refractivity contribution in [1.82, 2.24) is 0 Å². The van der Waals surface area contributed by atoms with E-state index in [0.29, 0.717) is 12.1 Å². The van der Waals surface area contributed by atoms with Crippen LogP contribution in [0.15, 0.2) is 5.16 Å². The summed E-state index contributed by atoms with van der Waals surface area (Å²) in [5, 5.41) is 3.24. The third kappa shape index (κ3) is 7.54. The summed E-state index contributed by atoms with van der Waals surface area (Å²) in [6.07, 6.45) is -4.25. The molecule has 0 aromatic carbocycles. The van der Waals surface area contributed by atoms with Gasteiger partial charge in [-0.25, -0.2) is 0 Å². The van der Waals surface area contributed by atoms with Crippen LogP contribution in [0.5, 0.6) is 0 Å². The van der Waals surface area contributed by atoms with Gasteiger partial charge in [-0.05, 0) is 11.8 Å². The molecule has 2 nitrogen and oxygen atoms in total. The Hall–Kier alpha value is -0.740. The topological polar surface area (TPSA) is 21.6 Å². The third-order valence-corrected chi connectivity index (χ3v) is 1.82. The average molecular weight is 239 g/mol. The van der Waals surface area contributed by atoms with Crippen LogP contribution in [0.4, 0.5) is 13.2 Å². The number of alkyl halides is 3. The van der Waals surface area contributed by atoms with Crippen molar-refractivity contribution in [2.45, 2.75) is 54.3 Å². The van der Waals surface area contributed by atoms with E-state index in [1.165, 1.54) is 0 Å². The molecule has 0 aliphatic heterocycles. The summed E-state index contributed by atoms with van der Waals surface area (Å²) in [5.74, 6) is 0. The smallest absolute Gasteiger partial charge is 0.294 e. The van der Waals surface area contributed by atoms with E-state index in [1.807, 2.05) is 41.5 Å². The second-order valence-electron chi connectivity index (χ2n) is 6.06. The van der Waals surface area contributed by atoms with Gasteiger partial charge >= 0.3 is 6.36 Å². The molecule has 0 bridgehead atoms. The predicted octanol–water partition coefficient (Wildman–Crippen LogP) is 4.36. The van der Waals surface area contributed by atoms with Gasteiger partial charge in [-0.3, -0.25) is 4.84 Å². The molecule has 5 heteroatoms. The molecule has 0 rings (SSSR count). The first-order valence-corrected chi connectivity index (χ1v) is 5.13. The number of rotatable bonds is 2. The molecule has 96 valence electrons. The van der Waals surface area contributed by atoms with Crippen molar-refractivity contribution < 1.29 is 18.0 Å². The van der Waals surface area contributed by atoms with Crippen LogP contribution in [0.1, 0.15) is 48.0 Å². The Balaban J connectivity index is 4.84. The van der Waals surface area contributed by atoms with Crippen molar-refractivity contribution in [1.29, 1.82) is 0 Å². The molecule has 0 saturated heterocycles. The van der Waals surface area contributed by atoms with E-state index in [4.69, 9.17) is 0 Å². The molecule has 0 spiro atoms. The SMILES string of the molecule is CC(C)(C)C/C(=N/OC(F)(F)F)C(C)(C)C. The van der Waals surface area contributed by atoms with E-state index in [0.717, 1.165) is 0 Å². The first kappa shape index (κ1) is 15.3. The van der Waals surface area contributed by atoms with E-state index < -0.39 is 11.8 Å². The quantitative estimate of drug-likeness (QED) is 0.518. The minimum absolute atomic E-state index is 0.124.